The first kappa shape index (κ1) is 11.3. The minimum absolute atomic E-state index is 0.0171. The molecule has 16 heavy (non-hydrogen) atoms. The number of carbonyl (C=O) groups excluding carboxylic acids is 1. The van der Waals surface area contributed by atoms with Crippen molar-refractivity contribution in [3.05, 3.63) is 18.2 Å². The van der Waals surface area contributed by atoms with E-state index in [0.717, 1.165) is 25.8 Å². The molecule has 1 aliphatic heterocycles. The van der Waals surface area contributed by atoms with Crippen LogP contribution in [0, 0.1) is 0 Å². The van der Waals surface area contributed by atoms with E-state index in [1.807, 2.05) is 17.7 Å². The molecule has 0 bridgehead atoms. The van der Waals surface area contributed by atoms with Crippen molar-refractivity contribution < 1.29 is 9.53 Å². The number of Topliss-reactive ketones (excluding diaryl/α,β-unsaturated/α-hetero) is 1. The highest BCUT2D eigenvalue weighted by Crippen LogP contribution is 2.28. The van der Waals surface area contributed by atoms with Gasteiger partial charge in [0.05, 0.1) is 0 Å². The van der Waals surface area contributed by atoms with Gasteiger partial charge in [0, 0.05) is 25.5 Å². The molecule has 1 atom stereocenters. The van der Waals surface area contributed by atoms with Gasteiger partial charge in [0.15, 0.2) is 5.82 Å². The molecule has 1 saturated heterocycles. The van der Waals surface area contributed by atoms with Gasteiger partial charge in [-0.1, -0.05) is 6.92 Å². The van der Waals surface area contributed by atoms with Crippen molar-refractivity contribution in [2.45, 2.75) is 45.3 Å². The summed E-state index contributed by atoms with van der Waals surface area (Å²) in [6, 6.07) is 0. The Morgan fingerprint density at radius 3 is 3.12 bits per heavy atom. The summed E-state index contributed by atoms with van der Waals surface area (Å²) >= 11 is 0. The predicted molar refractivity (Wildman–Crippen MR) is 60.4 cm³/mol. The van der Waals surface area contributed by atoms with Crippen LogP contribution in [0.4, 0.5) is 0 Å². The third-order valence-electron chi connectivity index (χ3n) is 3.08. The van der Waals surface area contributed by atoms with Crippen LogP contribution < -0.4 is 0 Å². The molecule has 0 spiro atoms. The molecule has 0 aromatic carbocycles. The maximum atomic E-state index is 12.3. The summed E-state index contributed by atoms with van der Waals surface area (Å²) in [5.74, 6) is 0.551. The largest absolute Gasteiger partial charge is 0.367 e. The van der Waals surface area contributed by atoms with Gasteiger partial charge in [-0.15, -0.1) is 0 Å². The fraction of sp³-hybridized carbons (Fsp3) is 0.667. The van der Waals surface area contributed by atoms with Crippen molar-refractivity contribution >= 4 is 5.78 Å². The predicted octanol–water partition coefficient (Wildman–Crippen LogP) is 2.04. The first-order valence-corrected chi connectivity index (χ1v) is 5.87. The molecule has 88 valence electrons. The van der Waals surface area contributed by atoms with Crippen molar-refractivity contribution in [3.8, 4) is 0 Å². The average Bonchev–Trinajstić information content (AvgIpc) is 2.88. The quantitative estimate of drug-likeness (QED) is 0.732. The summed E-state index contributed by atoms with van der Waals surface area (Å²) in [6.07, 6.45) is 6.28. The lowest BCUT2D eigenvalue weighted by molar-refractivity contribution is 0.0200. The number of hydrogen-bond acceptors (Lipinski definition) is 3. The van der Waals surface area contributed by atoms with E-state index < -0.39 is 5.60 Å². The van der Waals surface area contributed by atoms with Crippen molar-refractivity contribution in [2.75, 3.05) is 6.61 Å². The van der Waals surface area contributed by atoms with E-state index in [2.05, 4.69) is 11.9 Å². The summed E-state index contributed by atoms with van der Waals surface area (Å²) < 4.78 is 7.47. The highest BCUT2D eigenvalue weighted by molar-refractivity contribution is 5.99. The van der Waals surface area contributed by atoms with E-state index in [4.69, 9.17) is 4.74 Å². The molecule has 1 fully saturated rings. The monoisotopic (exact) mass is 222 g/mol. The topological polar surface area (TPSA) is 44.1 Å². The van der Waals surface area contributed by atoms with Gasteiger partial charge in [-0.25, -0.2) is 4.98 Å². The highest BCUT2D eigenvalue weighted by atomic mass is 16.5. The summed E-state index contributed by atoms with van der Waals surface area (Å²) in [5.41, 5.74) is -0.656. The zero-order chi connectivity index (χ0) is 11.6. The van der Waals surface area contributed by atoms with Gasteiger partial charge < -0.3 is 9.30 Å². The highest BCUT2D eigenvalue weighted by Gasteiger charge is 2.40. The van der Waals surface area contributed by atoms with Gasteiger partial charge in [0.25, 0.3) is 0 Å². The van der Waals surface area contributed by atoms with Crippen LogP contribution in [0.25, 0.3) is 0 Å². The van der Waals surface area contributed by atoms with Gasteiger partial charge in [-0.3, -0.25) is 4.79 Å². The number of aromatic nitrogens is 2. The number of hydrogen-bond donors (Lipinski definition) is 0. The van der Waals surface area contributed by atoms with E-state index in [-0.39, 0.29) is 5.78 Å². The maximum absolute atomic E-state index is 12.3. The minimum Gasteiger partial charge on any atom is -0.367 e. The van der Waals surface area contributed by atoms with Crippen LogP contribution >= 0.6 is 0 Å². The fourth-order valence-electron chi connectivity index (χ4n) is 2.13. The number of rotatable bonds is 4. The van der Waals surface area contributed by atoms with Gasteiger partial charge in [-0.05, 0) is 26.2 Å². The smallest absolute Gasteiger partial charge is 0.229 e. The molecular formula is C12H18N2O2. The molecule has 0 N–H and O–H groups in total. The molecule has 2 heterocycles. The molecule has 1 unspecified atom stereocenters. The Kier molecular flexibility index (Phi) is 3.10. The SMILES string of the molecule is CCCn1ccnc1C(=O)C1(C)CCCO1. The second kappa shape index (κ2) is 4.37. The Bertz CT molecular complexity index is 378. The number of ether oxygens (including phenoxy) is 1. The normalized spacial score (nSPS) is 24.9. The Morgan fingerprint density at radius 1 is 1.69 bits per heavy atom. The fourth-order valence-corrected chi connectivity index (χ4v) is 2.13. The first-order chi connectivity index (χ1) is 7.67. The van der Waals surface area contributed by atoms with Crippen LogP contribution in [0.5, 0.6) is 0 Å². The van der Waals surface area contributed by atoms with Gasteiger partial charge in [0.2, 0.25) is 5.78 Å². The zero-order valence-electron chi connectivity index (χ0n) is 9.90. The summed E-state index contributed by atoms with van der Waals surface area (Å²) in [7, 11) is 0. The lowest BCUT2D eigenvalue weighted by Crippen LogP contribution is -2.36. The second-order valence-electron chi connectivity index (χ2n) is 4.46. The van der Waals surface area contributed by atoms with Crippen molar-refractivity contribution in [3.63, 3.8) is 0 Å². The molecular weight excluding hydrogens is 204 g/mol. The Balaban J connectivity index is 2.23. The summed E-state index contributed by atoms with van der Waals surface area (Å²) in [6.45, 7) is 5.46. The van der Waals surface area contributed by atoms with Crippen LogP contribution in [0.1, 0.15) is 43.7 Å². The standard InChI is InChI=1S/C12H18N2O2/c1-3-7-14-8-6-13-11(14)10(15)12(2)5-4-9-16-12/h6,8H,3-5,7,9H2,1-2H3. The van der Waals surface area contributed by atoms with Crippen LogP contribution in [0.3, 0.4) is 0 Å². The third kappa shape index (κ3) is 1.89. The molecule has 1 aromatic rings. The van der Waals surface area contributed by atoms with E-state index in [1.165, 1.54) is 0 Å². The van der Waals surface area contributed by atoms with Crippen LogP contribution in [-0.4, -0.2) is 27.5 Å². The molecule has 1 aromatic heterocycles. The Hall–Kier alpha value is -1.16. The molecule has 0 radical (unpaired) electrons. The molecule has 2 rings (SSSR count). The number of carbonyl (C=O) groups is 1. The second-order valence-corrected chi connectivity index (χ2v) is 4.46. The van der Waals surface area contributed by atoms with Gasteiger partial charge in [0.1, 0.15) is 5.60 Å². The van der Waals surface area contributed by atoms with Crippen LogP contribution in [0.2, 0.25) is 0 Å². The van der Waals surface area contributed by atoms with Crippen molar-refractivity contribution in [1.82, 2.24) is 9.55 Å². The lowest BCUT2D eigenvalue weighted by atomic mass is 9.96. The molecule has 4 nitrogen and oxygen atoms in total. The molecule has 0 amide bonds. The van der Waals surface area contributed by atoms with E-state index >= 15 is 0 Å². The Morgan fingerprint density at radius 2 is 2.50 bits per heavy atom. The average molecular weight is 222 g/mol. The van der Waals surface area contributed by atoms with E-state index in [9.17, 15) is 4.79 Å². The van der Waals surface area contributed by atoms with E-state index in [0.29, 0.717) is 12.4 Å². The number of ketones is 1. The number of imidazole rings is 1. The molecule has 1 aliphatic rings. The van der Waals surface area contributed by atoms with Crippen LogP contribution in [0.15, 0.2) is 12.4 Å². The lowest BCUT2D eigenvalue weighted by Gasteiger charge is -2.21. The Labute approximate surface area is 95.6 Å². The molecule has 0 aliphatic carbocycles. The van der Waals surface area contributed by atoms with Gasteiger partial charge in [-0.2, -0.15) is 0 Å². The minimum atomic E-state index is -0.656. The zero-order valence-corrected chi connectivity index (χ0v) is 9.90. The third-order valence-corrected chi connectivity index (χ3v) is 3.08. The first-order valence-electron chi connectivity index (χ1n) is 5.87. The summed E-state index contributed by atoms with van der Waals surface area (Å²) in [4.78, 5) is 16.5. The van der Waals surface area contributed by atoms with Crippen molar-refractivity contribution in [1.29, 1.82) is 0 Å². The maximum Gasteiger partial charge on any atom is 0.229 e. The summed E-state index contributed by atoms with van der Waals surface area (Å²) in [5, 5.41) is 0. The van der Waals surface area contributed by atoms with Crippen molar-refractivity contribution in [2.24, 2.45) is 0 Å². The molecule has 0 saturated carbocycles. The molecule has 4 heteroatoms. The van der Waals surface area contributed by atoms with Crippen LogP contribution in [-0.2, 0) is 11.3 Å². The van der Waals surface area contributed by atoms with Gasteiger partial charge >= 0.3 is 0 Å². The number of aryl methyl sites for hydroxylation is 1. The number of nitrogens with zero attached hydrogens (tertiary/aromatic N) is 2. The van der Waals surface area contributed by atoms with E-state index in [1.54, 1.807) is 6.20 Å².